The van der Waals surface area contributed by atoms with Crippen molar-refractivity contribution in [2.24, 2.45) is 0 Å². The lowest BCUT2D eigenvalue weighted by Gasteiger charge is -2.10. The Hall–Kier alpha value is -2.54. The smallest absolute Gasteiger partial charge is 0.279 e. The van der Waals surface area contributed by atoms with E-state index in [-0.39, 0.29) is 11.8 Å². The molecule has 2 aromatic rings. The van der Waals surface area contributed by atoms with Gasteiger partial charge in [-0.25, -0.2) is 0 Å². The van der Waals surface area contributed by atoms with Gasteiger partial charge in [-0.15, -0.1) is 11.3 Å². The molecule has 0 saturated heterocycles. The molecule has 0 spiro atoms. The number of thiophene rings is 1. The third-order valence-corrected chi connectivity index (χ3v) is 6.26. The molecule has 0 radical (unpaired) electrons. The first kappa shape index (κ1) is 18.8. The first-order valence-electron chi connectivity index (χ1n) is 9.82. The summed E-state index contributed by atoms with van der Waals surface area (Å²) in [6.07, 6.45) is 7.73. The molecule has 0 fully saturated rings. The van der Waals surface area contributed by atoms with Crippen molar-refractivity contribution in [1.29, 1.82) is 0 Å². The van der Waals surface area contributed by atoms with Gasteiger partial charge in [0.25, 0.3) is 11.8 Å². The number of carbonyl (C=O) groups is 2. The van der Waals surface area contributed by atoms with Gasteiger partial charge >= 0.3 is 0 Å². The van der Waals surface area contributed by atoms with Gasteiger partial charge in [-0.05, 0) is 55.5 Å². The summed E-state index contributed by atoms with van der Waals surface area (Å²) >= 11 is 1.53. The highest BCUT2D eigenvalue weighted by Crippen LogP contribution is 2.30. The lowest BCUT2D eigenvalue weighted by atomic mass is 10.00. The molecule has 7 heteroatoms. The summed E-state index contributed by atoms with van der Waals surface area (Å²) < 4.78 is 11.2. The SMILES string of the molecule is O=C(NNC(=O)c1cc2c(s1)CCCCCC2)c1ccc2c(c1)OCCCO2. The molecular formula is C21H24N2O4S. The van der Waals surface area contributed by atoms with Crippen molar-refractivity contribution in [3.05, 3.63) is 45.1 Å². The number of aryl methyl sites for hydroxylation is 2. The van der Waals surface area contributed by atoms with E-state index >= 15 is 0 Å². The standard InChI is InChI=1S/C21H24N2O4S/c24-20(15-8-9-16-17(12-15)27-11-5-10-26-16)22-23-21(25)19-13-14-6-3-1-2-4-7-18(14)28-19/h8-9,12-13H,1-7,10-11H2,(H,22,24)(H,23,25). The van der Waals surface area contributed by atoms with E-state index in [1.54, 1.807) is 18.2 Å². The predicted octanol–water partition coefficient (Wildman–Crippen LogP) is 3.64. The minimum absolute atomic E-state index is 0.278. The Morgan fingerprint density at radius 3 is 2.43 bits per heavy atom. The van der Waals surface area contributed by atoms with Crippen molar-refractivity contribution in [3.63, 3.8) is 0 Å². The quantitative estimate of drug-likeness (QED) is 0.755. The van der Waals surface area contributed by atoms with Gasteiger partial charge in [0.05, 0.1) is 18.1 Å². The van der Waals surface area contributed by atoms with E-state index in [1.807, 2.05) is 6.07 Å². The van der Waals surface area contributed by atoms with Crippen LogP contribution in [0, 0.1) is 0 Å². The van der Waals surface area contributed by atoms with E-state index in [1.165, 1.54) is 47.5 Å². The summed E-state index contributed by atoms with van der Waals surface area (Å²) in [7, 11) is 0. The summed E-state index contributed by atoms with van der Waals surface area (Å²) in [5, 5.41) is 0. The Kier molecular flexibility index (Phi) is 5.81. The van der Waals surface area contributed by atoms with Gasteiger partial charge in [0.15, 0.2) is 11.5 Å². The Morgan fingerprint density at radius 2 is 1.57 bits per heavy atom. The normalized spacial score (nSPS) is 16.1. The fourth-order valence-corrected chi connectivity index (χ4v) is 4.66. The van der Waals surface area contributed by atoms with E-state index in [0.717, 1.165) is 19.3 Å². The van der Waals surface area contributed by atoms with Gasteiger partial charge < -0.3 is 9.47 Å². The number of nitrogens with one attached hydrogen (secondary N) is 2. The predicted molar refractivity (Wildman–Crippen MR) is 107 cm³/mol. The second-order valence-corrected chi connectivity index (χ2v) is 8.23. The minimum Gasteiger partial charge on any atom is -0.490 e. The second-order valence-electron chi connectivity index (χ2n) is 7.09. The largest absolute Gasteiger partial charge is 0.490 e. The zero-order valence-corrected chi connectivity index (χ0v) is 16.5. The number of hydrogen-bond acceptors (Lipinski definition) is 5. The van der Waals surface area contributed by atoms with Crippen LogP contribution < -0.4 is 20.3 Å². The third-order valence-electron chi connectivity index (χ3n) is 5.02. The molecule has 0 saturated carbocycles. The maximum Gasteiger partial charge on any atom is 0.279 e. The van der Waals surface area contributed by atoms with Crippen molar-refractivity contribution in [1.82, 2.24) is 10.9 Å². The highest BCUT2D eigenvalue weighted by Gasteiger charge is 2.18. The number of fused-ring (bicyclic) bond motifs is 2. The van der Waals surface area contributed by atoms with Gasteiger partial charge in [-0.2, -0.15) is 0 Å². The topological polar surface area (TPSA) is 76.7 Å². The van der Waals surface area contributed by atoms with Gasteiger partial charge in [-0.1, -0.05) is 12.8 Å². The van der Waals surface area contributed by atoms with Crippen LogP contribution in [0.15, 0.2) is 24.3 Å². The van der Waals surface area contributed by atoms with Gasteiger partial charge in [0, 0.05) is 16.9 Å². The Morgan fingerprint density at radius 1 is 0.821 bits per heavy atom. The van der Waals surface area contributed by atoms with Crippen molar-refractivity contribution < 1.29 is 19.1 Å². The number of ether oxygens (including phenoxy) is 2. The molecule has 1 aliphatic carbocycles. The molecule has 2 heterocycles. The van der Waals surface area contributed by atoms with Crippen molar-refractivity contribution in [2.45, 2.75) is 44.9 Å². The van der Waals surface area contributed by atoms with E-state index in [0.29, 0.717) is 35.2 Å². The molecule has 148 valence electrons. The van der Waals surface area contributed by atoms with E-state index < -0.39 is 0 Å². The van der Waals surface area contributed by atoms with Crippen LogP contribution in [0.25, 0.3) is 0 Å². The number of amides is 2. The number of hydrogen-bond donors (Lipinski definition) is 2. The summed E-state index contributed by atoms with van der Waals surface area (Å²) in [6, 6.07) is 6.99. The van der Waals surface area contributed by atoms with Crippen LogP contribution >= 0.6 is 11.3 Å². The molecule has 1 aromatic heterocycles. The number of benzene rings is 1. The number of hydrazine groups is 1. The lowest BCUT2D eigenvalue weighted by Crippen LogP contribution is -2.41. The van der Waals surface area contributed by atoms with Gasteiger partial charge in [0.2, 0.25) is 0 Å². The van der Waals surface area contributed by atoms with E-state index in [4.69, 9.17) is 9.47 Å². The first-order chi connectivity index (χ1) is 13.7. The summed E-state index contributed by atoms with van der Waals surface area (Å²) in [4.78, 5) is 26.9. The third kappa shape index (κ3) is 4.30. The minimum atomic E-state index is -0.390. The van der Waals surface area contributed by atoms with Crippen LogP contribution in [-0.2, 0) is 12.8 Å². The fraction of sp³-hybridized carbons (Fsp3) is 0.429. The van der Waals surface area contributed by atoms with Crippen molar-refractivity contribution in [2.75, 3.05) is 13.2 Å². The Balaban J connectivity index is 1.39. The zero-order chi connectivity index (χ0) is 19.3. The molecule has 1 aromatic carbocycles. The maximum atomic E-state index is 12.5. The lowest BCUT2D eigenvalue weighted by molar-refractivity contribution is 0.0848. The van der Waals surface area contributed by atoms with Crippen molar-refractivity contribution >= 4 is 23.2 Å². The molecule has 1 aliphatic heterocycles. The Labute approximate surface area is 168 Å². The fourth-order valence-electron chi connectivity index (χ4n) is 3.51. The van der Waals surface area contributed by atoms with Gasteiger partial charge in [-0.3, -0.25) is 20.4 Å². The molecule has 0 unspecified atom stereocenters. The molecular weight excluding hydrogens is 376 g/mol. The molecule has 4 rings (SSSR count). The highest BCUT2D eigenvalue weighted by molar-refractivity contribution is 7.14. The van der Waals surface area contributed by atoms with Crippen LogP contribution in [0.1, 0.15) is 62.6 Å². The zero-order valence-electron chi connectivity index (χ0n) is 15.7. The van der Waals surface area contributed by atoms with Crippen LogP contribution in [-0.4, -0.2) is 25.0 Å². The Bertz CT molecular complexity index is 852. The van der Waals surface area contributed by atoms with E-state index in [2.05, 4.69) is 10.9 Å². The molecule has 2 aliphatic rings. The molecule has 6 nitrogen and oxygen atoms in total. The summed E-state index contributed by atoms with van der Waals surface area (Å²) in [6.45, 7) is 1.15. The number of rotatable bonds is 2. The second kappa shape index (κ2) is 8.65. The highest BCUT2D eigenvalue weighted by atomic mass is 32.1. The monoisotopic (exact) mass is 400 g/mol. The van der Waals surface area contributed by atoms with Crippen LogP contribution in [0.5, 0.6) is 11.5 Å². The van der Waals surface area contributed by atoms with Gasteiger partial charge in [0.1, 0.15) is 0 Å². The molecule has 0 bridgehead atoms. The van der Waals surface area contributed by atoms with E-state index in [9.17, 15) is 9.59 Å². The first-order valence-corrected chi connectivity index (χ1v) is 10.6. The van der Waals surface area contributed by atoms with Crippen LogP contribution in [0.3, 0.4) is 0 Å². The average molecular weight is 401 g/mol. The molecule has 2 amide bonds. The number of carbonyl (C=O) groups excluding carboxylic acids is 2. The average Bonchev–Trinajstić information content (AvgIpc) is 2.93. The summed E-state index contributed by atoms with van der Waals surface area (Å²) in [5.41, 5.74) is 6.71. The van der Waals surface area contributed by atoms with Crippen LogP contribution in [0.4, 0.5) is 0 Å². The van der Waals surface area contributed by atoms with Crippen molar-refractivity contribution in [3.8, 4) is 11.5 Å². The molecule has 2 N–H and O–H groups in total. The van der Waals surface area contributed by atoms with Crippen LogP contribution in [0.2, 0.25) is 0 Å². The molecule has 0 atom stereocenters. The maximum absolute atomic E-state index is 12.5. The molecule has 28 heavy (non-hydrogen) atoms. The summed E-state index contributed by atoms with van der Waals surface area (Å²) in [5.74, 6) is 0.516.